The molecule has 1 N–H and O–H groups in total. The van der Waals surface area contributed by atoms with Crippen molar-refractivity contribution in [2.24, 2.45) is 0 Å². The number of furan rings is 1. The van der Waals surface area contributed by atoms with Crippen molar-refractivity contribution < 1.29 is 18.4 Å². The molecule has 2 heterocycles. The van der Waals surface area contributed by atoms with Gasteiger partial charge in [0.15, 0.2) is 0 Å². The normalized spacial score (nSPS) is 16.7. The molecule has 0 unspecified atom stereocenters. The molecule has 0 radical (unpaired) electrons. The molecule has 1 aliphatic heterocycles. The van der Waals surface area contributed by atoms with Gasteiger partial charge >= 0.3 is 6.03 Å². The highest BCUT2D eigenvalue weighted by atomic mass is 19.1. The molecule has 0 bridgehead atoms. The highest BCUT2D eigenvalue weighted by Crippen LogP contribution is 2.24. The summed E-state index contributed by atoms with van der Waals surface area (Å²) in [7, 11) is 1.39. The van der Waals surface area contributed by atoms with Gasteiger partial charge in [-0.25, -0.2) is 9.18 Å². The number of rotatable bonds is 2. The van der Waals surface area contributed by atoms with Gasteiger partial charge < -0.3 is 9.73 Å². The number of likely N-dealkylation sites (N-methyl/N-ethyl adjacent to an activating group) is 1. The van der Waals surface area contributed by atoms with Crippen LogP contribution in [0.1, 0.15) is 5.76 Å². The molecule has 0 aliphatic carbocycles. The zero-order valence-electron chi connectivity index (χ0n) is 11.1. The molecule has 1 aliphatic rings. The summed E-state index contributed by atoms with van der Waals surface area (Å²) in [4.78, 5) is 24.0. The van der Waals surface area contributed by atoms with Gasteiger partial charge in [-0.2, -0.15) is 0 Å². The van der Waals surface area contributed by atoms with Gasteiger partial charge in [0.1, 0.15) is 23.0 Å². The summed E-state index contributed by atoms with van der Waals surface area (Å²) in [6.07, 6.45) is 1.44. The lowest BCUT2D eigenvalue weighted by Crippen LogP contribution is -2.25. The summed E-state index contributed by atoms with van der Waals surface area (Å²) < 4.78 is 18.7. The van der Waals surface area contributed by atoms with Crippen molar-refractivity contribution in [3.05, 3.63) is 53.7 Å². The number of hydrogen-bond acceptors (Lipinski definition) is 3. The van der Waals surface area contributed by atoms with Crippen LogP contribution in [0.3, 0.4) is 0 Å². The van der Waals surface area contributed by atoms with Gasteiger partial charge in [0.05, 0.1) is 0 Å². The number of nitrogens with zero attached hydrogens (tertiary/aromatic N) is 1. The molecular formula is C15H11FN2O3. The van der Waals surface area contributed by atoms with E-state index in [4.69, 9.17) is 4.42 Å². The average molecular weight is 286 g/mol. The Balaban J connectivity index is 1.89. The van der Waals surface area contributed by atoms with Gasteiger partial charge in [0.2, 0.25) is 0 Å². The highest BCUT2D eigenvalue weighted by Gasteiger charge is 2.30. The molecule has 0 atom stereocenters. The lowest BCUT2D eigenvalue weighted by atomic mass is 10.2. The molecule has 106 valence electrons. The summed E-state index contributed by atoms with van der Waals surface area (Å²) in [6, 6.07) is 8.83. The standard InChI is InChI=1S/C15H11FN2O3/c1-18-14(19)12(17-15(18)20)8-11-5-6-13(21-11)9-3-2-4-10(16)7-9/h2-8H,1H3,(H,17,20)/b12-8+. The molecule has 1 fully saturated rings. The van der Waals surface area contributed by atoms with Crippen molar-refractivity contribution in [1.82, 2.24) is 10.2 Å². The first-order valence-corrected chi connectivity index (χ1v) is 6.21. The molecule has 3 rings (SSSR count). The topological polar surface area (TPSA) is 62.6 Å². The zero-order valence-corrected chi connectivity index (χ0v) is 11.1. The van der Waals surface area contributed by atoms with Gasteiger partial charge in [-0.15, -0.1) is 0 Å². The van der Waals surface area contributed by atoms with Crippen molar-refractivity contribution in [2.45, 2.75) is 0 Å². The van der Waals surface area contributed by atoms with E-state index in [0.717, 1.165) is 4.90 Å². The number of benzene rings is 1. The van der Waals surface area contributed by atoms with E-state index in [0.29, 0.717) is 17.1 Å². The van der Waals surface area contributed by atoms with Crippen LogP contribution in [0.25, 0.3) is 17.4 Å². The number of imide groups is 1. The van der Waals surface area contributed by atoms with E-state index in [1.165, 1.54) is 25.3 Å². The number of carbonyl (C=O) groups is 2. The predicted molar refractivity (Wildman–Crippen MR) is 73.4 cm³/mol. The molecule has 1 aromatic carbocycles. The van der Waals surface area contributed by atoms with E-state index in [1.807, 2.05) is 0 Å². The second kappa shape index (κ2) is 4.90. The molecule has 3 amide bonds. The Bertz CT molecular complexity index is 764. The minimum absolute atomic E-state index is 0.141. The third-order valence-corrected chi connectivity index (χ3v) is 3.10. The molecule has 6 heteroatoms. The fourth-order valence-corrected chi connectivity index (χ4v) is 1.99. The minimum Gasteiger partial charge on any atom is -0.457 e. The fraction of sp³-hybridized carbons (Fsp3) is 0.0667. The van der Waals surface area contributed by atoms with Crippen LogP contribution in [0.15, 0.2) is 46.5 Å². The van der Waals surface area contributed by atoms with Crippen LogP contribution in [-0.2, 0) is 4.79 Å². The van der Waals surface area contributed by atoms with Crippen LogP contribution in [0.5, 0.6) is 0 Å². The van der Waals surface area contributed by atoms with E-state index >= 15 is 0 Å². The molecule has 0 spiro atoms. The SMILES string of the molecule is CN1C(=O)N/C(=C/c2ccc(-c3cccc(F)c3)o2)C1=O. The maximum absolute atomic E-state index is 13.2. The van der Waals surface area contributed by atoms with Crippen LogP contribution in [-0.4, -0.2) is 23.9 Å². The third kappa shape index (κ3) is 2.43. The first-order chi connectivity index (χ1) is 10.0. The van der Waals surface area contributed by atoms with Crippen molar-refractivity contribution in [3.63, 3.8) is 0 Å². The van der Waals surface area contributed by atoms with Gasteiger partial charge in [-0.3, -0.25) is 9.69 Å². The minimum atomic E-state index is -0.483. The number of hydrogen-bond donors (Lipinski definition) is 1. The number of nitrogens with one attached hydrogen (secondary N) is 1. The van der Waals surface area contributed by atoms with Crippen LogP contribution in [0.2, 0.25) is 0 Å². The molecule has 1 saturated heterocycles. The Morgan fingerprint density at radius 1 is 1.24 bits per heavy atom. The Labute approximate surface area is 119 Å². The average Bonchev–Trinajstić information content (AvgIpc) is 3.01. The van der Waals surface area contributed by atoms with Crippen molar-refractivity contribution in [3.8, 4) is 11.3 Å². The number of carbonyl (C=O) groups excluding carboxylic acids is 2. The summed E-state index contributed by atoms with van der Waals surface area (Å²) in [5.41, 5.74) is 0.737. The Kier molecular flexibility index (Phi) is 3.06. The third-order valence-electron chi connectivity index (χ3n) is 3.10. The van der Waals surface area contributed by atoms with Crippen LogP contribution < -0.4 is 5.32 Å². The molecular weight excluding hydrogens is 275 g/mol. The summed E-state index contributed by atoms with van der Waals surface area (Å²) in [5, 5.41) is 2.44. The lowest BCUT2D eigenvalue weighted by molar-refractivity contribution is -0.121. The number of halogens is 1. The smallest absolute Gasteiger partial charge is 0.328 e. The Morgan fingerprint density at radius 2 is 2.05 bits per heavy atom. The van der Waals surface area contributed by atoms with E-state index in [2.05, 4.69) is 5.32 Å². The largest absolute Gasteiger partial charge is 0.457 e. The van der Waals surface area contributed by atoms with Crippen LogP contribution >= 0.6 is 0 Å². The van der Waals surface area contributed by atoms with Crippen LogP contribution in [0, 0.1) is 5.82 Å². The first-order valence-electron chi connectivity index (χ1n) is 6.21. The van der Waals surface area contributed by atoms with Gasteiger partial charge in [0.25, 0.3) is 5.91 Å². The van der Waals surface area contributed by atoms with Crippen LogP contribution in [0.4, 0.5) is 9.18 Å². The maximum atomic E-state index is 13.2. The number of amides is 3. The molecule has 5 nitrogen and oxygen atoms in total. The Hall–Kier alpha value is -2.89. The van der Waals surface area contributed by atoms with E-state index in [1.54, 1.807) is 24.3 Å². The summed E-state index contributed by atoms with van der Waals surface area (Å²) >= 11 is 0. The van der Waals surface area contributed by atoms with E-state index in [-0.39, 0.29) is 11.5 Å². The van der Waals surface area contributed by atoms with E-state index in [9.17, 15) is 14.0 Å². The van der Waals surface area contributed by atoms with Crippen molar-refractivity contribution >= 4 is 18.0 Å². The molecule has 2 aromatic rings. The van der Waals surface area contributed by atoms with E-state index < -0.39 is 11.9 Å². The quantitative estimate of drug-likeness (QED) is 0.682. The van der Waals surface area contributed by atoms with Gasteiger partial charge in [-0.1, -0.05) is 12.1 Å². The second-order valence-corrected chi connectivity index (χ2v) is 4.56. The molecule has 21 heavy (non-hydrogen) atoms. The lowest BCUT2D eigenvalue weighted by Gasteiger charge is -1.99. The van der Waals surface area contributed by atoms with Gasteiger partial charge in [-0.05, 0) is 24.3 Å². The van der Waals surface area contributed by atoms with Gasteiger partial charge in [0, 0.05) is 18.7 Å². The summed E-state index contributed by atoms with van der Waals surface area (Å²) in [5.74, 6) is 0.0899. The fourth-order valence-electron chi connectivity index (χ4n) is 1.99. The highest BCUT2D eigenvalue weighted by molar-refractivity contribution is 6.13. The number of urea groups is 1. The summed E-state index contributed by atoms with van der Waals surface area (Å²) in [6.45, 7) is 0. The zero-order chi connectivity index (χ0) is 15.0. The second-order valence-electron chi connectivity index (χ2n) is 4.56. The van der Waals surface area contributed by atoms with Crippen molar-refractivity contribution in [2.75, 3.05) is 7.05 Å². The molecule has 1 aromatic heterocycles. The monoisotopic (exact) mass is 286 g/mol. The van der Waals surface area contributed by atoms with Crippen molar-refractivity contribution in [1.29, 1.82) is 0 Å². The maximum Gasteiger partial charge on any atom is 0.328 e. The first kappa shape index (κ1) is 13.1. The predicted octanol–water partition coefficient (Wildman–Crippen LogP) is 2.61. The Morgan fingerprint density at radius 3 is 2.71 bits per heavy atom. The molecule has 0 saturated carbocycles.